The smallest absolute Gasteiger partial charge is 0.0841 e. The van der Waals surface area contributed by atoms with E-state index in [1.807, 2.05) is 13.1 Å². The molecule has 1 aromatic carbocycles. The summed E-state index contributed by atoms with van der Waals surface area (Å²) in [5.74, 6) is 2.66. The van der Waals surface area contributed by atoms with Crippen molar-refractivity contribution < 1.29 is 0 Å². The van der Waals surface area contributed by atoms with Crippen molar-refractivity contribution >= 4 is 10.9 Å². The number of fused-ring (bicyclic) bond motifs is 1. The van der Waals surface area contributed by atoms with Crippen LogP contribution in [0.3, 0.4) is 0 Å². The molecular weight excluding hydrogens is 210 g/mol. The molecule has 0 atom stereocenters. The van der Waals surface area contributed by atoms with Gasteiger partial charge in [0.15, 0.2) is 0 Å². The average molecular weight is 227 g/mol. The zero-order chi connectivity index (χ0) is 12.1. The van der Waals surface area contributed by atoms with Gasteiger partial charge in [-0.25, -0.2) is 0 Å². The topological polar surface area (TPSA) is 29.9 Å². The van der Waals surface area contributed by atoms with Gasteiger partial charge in [-0.15, -0.1) is 12.3 Å². The standard InChI is InChI=1S/C14H17N3/c1-3-4-7-10-17-14-9-6-5-8-12(14)13(16-17)11-15-2/h1,5-6,8-9,15H,4,7,10-11H2,2H3. The summed E-state index contributed by atoms with van der Waals surface area (Å²) in [5, 5.41) is 9.01. The van der Waals surface area contributed by atoms with Gasteiger partial charge in [-0.2, -0.15) is 5.10 Å². The predicted octanol–water partition coefficient (Wildman–Crippen LogP) is 2.17. The highest BCUT2D eigenvalue weighted by molar-refractivity contribution is 5.81. The molecule has 3 heteroatoms. The van der Waals surface area contributed by atoms with Crippen LogP contribution in [0.4, 0.5) is 0 Å². The molecule has 88 valence electrons. The van der Waals surface area contributed by atoms with Crippen molar-refractivity contribution in [2.75, 3.05) is 7.05 Å². The maximum atomic E-state index is 5.27. The maximum absolute atomic E-state index is 5.27. The largest absolute Gasteiger partial charge is 0.314 e. The Bertz CT molecular complexity index is 534. The van der Waals surface area contributed by atoms with Crippen LogP contribution in [0.5, 0.6) is 0 Å². The van der Waals surface area contributed by atoms with Crippen LogP contribution in [0.2, 0.25) is 0 Å². The van der Waals surface area contributed by atoms with Crippen LogP contribution in [0, 0.1) is 12.3 Å². The van der Waals surface area contributed by atoms with Gasteiger partial charge in [0.25, 0.3) is 0 Å². The van der Waals surface area contributed by atoms with Crippen LogP contribution in [0.1, 0.15) is 18.5 Å². The number of rotatable bonds is 5. The molecule has 3 nitrogen and oxygen atoms in total. The fourth-order valence-corrected chi connectivity index (χ4v) is 2.00. The number of nitrogens with one attached hydrogen (secondary N) is 1. The minimum absolute atomic E-state index is 0.794. The number of nitrogens with zero attached hydrogens (tertiary/aromatic N) is 2. The molecule has 0 spiro atoms. The number of aryl methyl sites for hydroxylation is 1. The molecule has 0 bridgehead atoms. The molecule has 2 rings (SSSR count). The molecule has 0 saturated carbocycles. The van der Waals surface area contributed by atoms with E-state index in [0.717, 1.165) is 31.6 Å². The molecule has 0 fully saturated rings. The van der Waals surface area contributed by atoms with Gasteiger partial charge >= 0.3 is 0 Å². The molecule has 1 heterocycles. The van der Waals surface area contributed by atoms with Crippen LogP contribution in [-0.2, 0) is 13.1 Å². The van der Waals surface area contributed by atoms with Crippen molar-refractivity contribution in [3.8, 4) is 12.3 Å². The number of terminal acetylenes is 1. The quantitative estimate of drug-likeness (QED) is 0.626. The molecule has 0 aliphatic rings. The molecule has 0 radical (unpaired) electrons. The maximum Gasteiger partial charge on any atom is 0.0841 e. The number of benzene rings is 1. The Morgan fingerprint density at radius 1 is 1.41 bits per heavy atom. The van der Waals surface area contributed by atoms with E-state index in [-0.39, 0.29) is 0 Å². The van der Waals surface area contributed by atoms with E-state index in [1.165, 1.54) is 10.9 Å². The highest BCUT2D eigenvalue weighted by atomic mass is 15.3. The molecule has 17 heavy (non-hydrogen) atoms. The SMILES string of the molecule is C#CCCCn1nc(CNC)c2ccccc21. The third kappa shape index (κ3) is 2.48. The first-order chi connectivity index (χ1) is 8.36. The Labute approximate surface area is 102 Å². The zero-order valence-electron chi connectivity index (χ0n) is 10.1. The molecule has 0 amide bonds. The van der Waals surface area contributed by atoms with Crippen LogP contribution >= 0.6 is 0 Å². The normalized spacial score (nSPS) is 10.6. The van der Waals surface area contributed by atoms with Gasteiger partial charge < -0.3 is 5.32 Å². The summed E-state index contributed by atoms with van der Waals surface area (Å²) in [5.41, 5.74) is 2.29. The average Bonchev–Trinajstić information content (AvgIpc) is 2.70. The first-order valence-corrected chi connectivity index (χ1v) is 5.89. The lowest BCUT2D eigenvalue weighted by Crippen LogP contribution is -2.07. The Kier molecular flexibility index (Phi) is 3.79. The lowest BCUT2D eigenvalue weighted by atomic mass is 10.2. The summed E-state index contributed by atoms with van der Waals surface area (Å²) in [6.07, 6.45) is 7.04. The van der Waals surface area contributed by atoms with E-state index >= 15 is 0 Å². The second-order valence-electron chi connectivity index (χ2n) is 4.02. The van der Waals surface area contributed by atoms with E-state index in [2.05, 4.69) is 39.2 Å². The molecule has 1 aromatic heterocycles. The summed E-state index contributed by atoms with van der Waals surface area (Å²) in [4.78, 5) is 0. The van der Waals surface area contributed by atoms with Crippen molar-refractivity contribution in [3.63, 3.8) is 0 Å². The van der Waals surface area contributed by atoms with E-state index in [4.69, 9.17) is 6.42 Å². The predicted molar refractivity (Wildman–Crippen MR) is 70.6 cm³/mol. The van der Waals surface area contributed by atoms with Crippen LogP contribution in [0.15, 0.2) is 24.3 Å². The van der Waals surface area contributed by atoms with Crippen LogP contribution in [0.25, 0.3) is 10.9 Å². The van der Waals surface area contributed by atoms with Crippen molar-refractivity contribution in [2.45, 2.75) is 25.9 Å². The van der Waals surface area contributed by atoms with Gasteiger partial charge in [-0.1, -0.05) is 18.2 Å². The minimum atomic E-state index is 0.794. The summed E-state index contributed by atoms with van der Waals surface area (Å²) in [6, 6.07) is 8.32. The lowest BCUT2D eigenvalue weighted by molar-refractivity contribution is 0.592. The van der Waals surface area contributed by atoms with E-state index in [0.29, 0.717) is 0 Å². The monoisotopic (exact) mass is 227 g/mol. The molecule has 0 aliphatic heterocycles. The molecular formula is C14H17N3. The van der Waals surface area contributed by atoms with Crippen LogP contribution < -0.4 is 5.32 Å². The molecule has 2 aromatic rings. The third-order valence-corrected chi connectivity index (χ3v) is 2.77. The molecule has 0 aliphatic carbocycles. The van der Waals surface area contributed by atoms with Gasteiger partial charge in [-0.05, 0) is 19.5 Å². The van der Waals surface area contributed by atoms with Crippen molar-refractivity contribution in [3.05, 3.63) is 30.0 Å². The Morgan fingerprint density at radius 3 is 3.00 bits per heavy atom. The summed E-state index contributed by atoms with van der Waals surface area (Å²) < 4.78 is 2.05. The summed E-state index contributed by atoms with van der Waals surface area (Å²) in [6.45, 7) is 1.68. The Balaban J connectivity index is 2.32. The number of hydrogen-bond acceptors (Lipinski definition) is 2. The first kappa shape index (κ1) is 11.7. The number of aromatic nitrogens is 2. The lowest BCUT2D eigenvalue weighted by Gasteiger charge is -2.00. The molecule has 0 saturated heterocycles. The Hall–Kier alpha value is -1.79. The highest BCUT2D eigenvalue weighted by Crippen LogP contribution is 2.18. The number of hydrogen-bond donors (Lipinski definition) is 1. The number of para-hydroxylation sites is 1. The van der Waals surface area contributed by atoms with Gasteiger partial charge in [0.1, 0.15) is 0 Å². The van der Waals surface area contributed by atoms with Crippen molar-refractivity contribution in [1.29, 1.82) is 0 Å². The van der Waals surface area contributed by atoms with Gasteiger partial charge in [0.2, 0.25) is 0 Å². The van der Waals surface area contributed by atoms with E-state index in [9.17, 15) is 0 Å². The minimum Gasteiger partial charge on any atom is -0.314 e. The van der Waals surface area contributed by atoms with Crippen molar-refractivity contribution in [2.24, 2.45) is 0 Å². The van der Waals surface area contributed by atoms with E-state index in [1.54, 1.807) is 0 Å². The van der Waals surface area contributed by atoms with Gasteiger partial charge in [0.05, 0.1) is 11.2 Å². The van der Waals surface area contributed by atoms with E-state index < -0.39 is 0 Å². The Morgan fingerprint density at radius 2 is 2.24 bits per heavy atom. The second kappa shape index (κ2) is 5.51. The van der Waals surface area contributed by atoms with Gasteiger partial charge in [-0.3, -0.25) is 4.68 Å². The fourth-order valence-electron chi connectivity index (χ4n) is 2.00. The van der Waals surface area contributed by atoms with Crippen molar-refractivity contribution in [1.82, 2.24) is 15.1 Å². The third-order valence-electron chi connectivity index (χ3n) is 2.77. The number of unbranched alkanes of at least 4 members (excludes halogenated alkanes) is 1. The molecule has 0 unspecified atom stereocenters. The zero-order valence-corrected chi connectivity index (χ0v) is 10.1. The van der Waals surface area contributed by atoms with Gasteiger partial charge in [0, 0.05) is 24.9 Å². The fraction of sp³-hybridized carbons (Fsp3) is 0.357. The summed E-state index contributed by atoms with van der Waals surface area (Å²) in [7, 11) is 1.94. The van der Waals surface area contributed by atoms with Crippen LogP contribution in [-0.4, -0.2) is 16.8 Å². The summed E-state index contributed by atoms with van der Waals surface area (Å²) >= 11 is 0. The highest BCUT2D eigenvalue weighted by Gasteiger charge is 2.08. The second-order valence-corrected chi connectivity index (χ2v) is 4.02. The molecule has 1 N–H and O–H groups in total. The first-order valence-electron chi connectivity index (χ1n) is 5.89.